The van der Waals surface area contributed by atoms with Gasteiger partial charge < -0.3 is 4.90 Å². The number of carbonyl (C=O) groups is 2. The van der Waals surface area contributed by atoms with Crippen molar-refractivity contribution in [3.63, 3.8) is 0 Å². The van der Waals surface area contributed by atoms with Gasteiger partial charge in [0.05, 0.1) is 11.4 Å². The molecule has 0 unspecified atom stereocenters. The van der Waals surface area contributed by atoms with Crippen molar-refractivity contribution in [1.29, 1.82) is 0 Å². The molecule has 2 amide bonds. The van der Waals surface area contributed by atoms with Gasteiger partial charge in [-0.3, -0.25) is 14.5 Å². The van der Waals surface area contributed by atoms with E-state index in [1.165, 1.54) is 23.4 Å². The predicted octanol–water partition coefficient (Wildman–Crippen LogP) is 5.18. The van der Waals surface area contributed by atoms with Crippen molar-refractivity contribution < 1.29 is 9.59 Å². The minimum Gasteiger partial charge on any atom is -0.372 e. The molecule has 2 aromatic carbocycles. The Morgan fingerprint density at radius 1 is 0.963 bits per heavy atom. The fourth-order valence-corrected chi connectivity index (χ4v) is 4.28. The lowest BCUT2D eigenvalue weighted by Gasteiger charge is -2.17. The number of anilines is 1. The molecular weight excluding hydrogens is 380 g/mol. The summed E-state index contributed by atoms with van der Waals surface area (Å²) in [5.41, 5.74) is 3.01. The van der Waals surface area contributed by atoms with Crippen LogP contribution in [0.5, 0.6) is 0 Å². The first-order valence-corrected chi connectivity index (χ1v) is 10.1. The summed E-state index contributed by atoms with van der Waals surface area (Å²) in [6.07, 6.45) is 4.27. The van der Waals surface area contributed by atoms with E-state index in [1.807, 2.05) is 24.3 Å². The number of thioether (sulfide) groups is 1. The van der Waals surface area contributed by atoms with Gasteiger partial charge in [-0.2, -0.15) is 0 Å². The van der Waals surface area contributed by atoms with E-state index in [4.69, 9.17) is 11.6 Å². The number of amides is 2. The molecule has 4 nitrogen and oxygen atoms in total. The summed E-state index contributed by atoms with van der Waals surface area (Å²) in [5.74, 6) is -0.247. The second kappa shape index (κ2) is 7.79. The maximum absolute atomic E-state index is 12.6. The monoisotopic (exact) mass is 398 g/mol. The van der Waals surface area contributed by atoms with Gasteiger partial charge in [0.15, 0.2) is 0 Å². The summed E-state index contributed by atoms with van der Waals surface area (Å²) in [6, 6.07) is 15.3. The molecule has 0 radical (unpaired) electrons. The first kappa shape index (κ1) is 18.1. The van der Waals surface area contributed by atoms with Gasteiger partial charge in [-0.15, -0.1) is 0 Å². The molecule has 2 heterocycles. The highest BCUT2D eigenvalue weighted by Crippen LogP contribution is 2.33. The highest BCUT2D eigenvalue weighted by molar-refractivity contribution is 8.18. The predicted molar refractivity (Wildman–Crippen MR) is 111 cm³/mol. The molecule has 2 aliphatic rings. The van der Waals surface area contributed by atoms with Gasteiger partial charge in [-0.1, -0.05) is 35.9 Å². The zero-order chi connectivity index (χ0) is 18.8. The zero-order valence-electron chi connectivity index (χ0n) is 14.7. The van der Waals surface area contributed by atoms with Crippen molar-refractivity contribution in [2.75, 3.05) is 18.0 Å². The minimum absolute atomic E-state index is 0.241. The normalized spacial score (nSPS) is 18.8. The standard InChI is InChI=1S/C21H19ClN2O2S/c22-17-7-3-16(4-8-17)14-24-20(25)19(27-21(24)26)13-15-5-9-18(10-6-15)23-11-1-2-12-23/h3-10,13H,1-2,11-12,14H2/b19-13-. The second-order valence-electron chi connectivity index (χ2n) is 6.68. The quantitative estimate of drug-likeness (QED) is 0.665. The maximum Gasteiger partial charge on any atom is 0.293 e. The fourth-order valence-electron chi connectivity index (χ4n) is 3.32. The summed E-state index contributed by atoms with van der Waals surface area (Å²) >= 11 is 6.88. The summed E-state index contributed by atoms with van der Waals surface area (Å²) in [5, 5.41) is 0.389. The average molecular weight is 399 g/mol. The Bertz CT molecular complexity index is 887. The van der Waals surface area contributed by atoms with E-state index in [0.29, 0.717) is 9.93 Å². The molecule has 0 aromatic heterocycles. The third-order valence-corrected chi connectivity index (χ3v) is 5.95. The molecule has 2 aromatic rings. The summed E-state index contributed by atoms with van der Waals surface area (Å²) < 4.78 is 0. The van der Waals surface area contributed by atoms with Crippen molar-refractivity contribution in [1.82, 2.24) is 4.90 Å². The van der Waals surface area contributed by atoms with Gasteiger partial charge in [0.1, 0.15) is 0 Å². The van der Waals surface area contributed by atoms with E-state index in [0.717, 1.165) is 36.0 Å². The van der Waals surface area contributed by atoms with E-state index < -0.39 is 0 Å². The Balaban J connectivity index is 1.48. The van der Waals surface area contributed by atoms with Crippen LogP contribution in [-0.2, 0) is 11.3 Å². The van der Waals surface area contributed by atoms with Crippen LogP contribution in [0.25, 0.3) is 6.08 Å². The smallest absolute Gasteiger partial charge is 0.293 e. The Kier molecular flexibility index (Phi) is 5.23. The molecule has 0 bridgehead atoms. The number of carbonyl (C=O) groups excluding carboxylic acids is 2. The Hall–Kier alpha value is -2.24. The molecule has 0 N–H and O–H groups in total. The van der Waals surface area contributed by atoms with Crippen molar-refractivity contribution in [3.8, 4) is 0 Å². The number of imide groups is 1. The highest BCUT2D eigenvalue weighted by Gasteiger charge is 2.34. The summed E-state index contributed by atoms with van der Waals surface area (Å²) in [4.78, 5) is 29.0. The molecule has 138 valence electrons. The molecular formula is C21H19ClN2O2S. The molecule has 27 heavy (non-hydrogen) atoms. The first-order chi connectivity index (χ1) is 13.1. The lowest BCUT2D eigenvalue weighted by molar-refractivity contribution is -0.123. The SMILES string of the molecule is O=C1S/C(=C\c2ccc(N3CCCC3)cc2)C(=O)N1Cc1ccc(Cl)cc1. The van der Waals surface area contributed by atoms with Crippen molar-refractivity contribution in [2.45, 2.75) is 19.4 Å². The van der Waals surface area contributed by atoms with E-state index in [1.54, 1.807) is 18.2 Å². The minimum atomic E-state index is -0.247. The number of hydrogen-bond donors (Lipinski definition) is 0. The van der Waals surface area contributed by atoms with Crippen LogP contribution in [0.4, 0.5) is 10.5 Å². The van der Waals surface area contributed by atoms with Gasteiger partial charge in [-0.05, 0) is 66.1 Å². The number of benzene rings is 2. The van der Waals surface area contributed by atoms with Gasteiger partial charge >= 0.3 is 0 Å². The number of halogens is 1. The molecule has 0 spiro atoms. The third-order valence-electron chi connectivity index (χ3n) is 4.79. The Labute approximate surface area is 167 Å². The van der Waals surface area contributed by atoms with E-state index in [2.05, 4.69) is 17.0 Å². The van der Waals surface area contributed by atoms with E-state index >= 15 is 0 Å². The van der Waals surface area contributed by atoms with Crippen LogP contribution in [-0.4, -0.2) is 29.1 Å². The topological polar surface area (TPSA) is 40.6 Å². The van der Waals surface area contributed by atoms with Crippen LogP contribution in [0.15, 0.2) is 53.4 Å². The van der Waals surface area contributed by atoms with Crippen LogP contribution in [0, 0.1) is 0 Å². The van der Waals surface area contributed by atoms with Crippen LogP contribution < -0.4 is 4.90 Å². The third kappa shape index (κ3) is 4.04. The summed E-state index contributed by atoms with van der Waals surface area (Å²) in [6.45, 7) is 2.46. The number of nitrogens with zero attached hydrogens (tertiary/aromatic N) is 2. The maximum atomic E-state index is 12.6. The number of rotatable bonds is 4. The van der Waals surface area contributed by atoms with Gasteiger partial charge in [0.25, 0.3) is 11.1 Å². The van der Waals surface area contributed by atoms with Crippen molar-refractivity contribution in [2.24, 2.45) is 0 Å². The van der Waals surface area contributed by atoms with Gasteiger partial charge in [-0.25, -0.2) is 0 Å². The van der Waals surface area contributed by atoms with Gasteiger partial charge in [0, 0.05) is 23.8 Å². The molecule has 0 atom stereocenters. The lowest BCUT2D eigenvalue weighted by Crippen LogP contribution is -2.27. The van der Waals surface area contributed by atoms with Gasteiger partial charge in [0.2, 0.25) is 0 Å². The fraction of sp³-hybridized carbons (Fsp3) is 0.238. The molecule has 0 saturated carbocycles. The van der Waals surface area contributed by atoms with E-state index in [-0.39, 0.29) is 17.7 Å². The van der Waals surface area contributed by atoms with Crippen molar-refractivity contribution in [3.05, 3.63) is 69.6 Å². The summed E-state index contributed by atoms with van der Waals surface area (Å²) in [7, 11) is 0. The van der Waals surface area contributed by atoms with Crippen LogP contribution in [0.2, 0.25) is 5.02 Å². The second-order valence-corrected chi connectivity index (χ2v) is 8.11. The molecule has 2 fully saturated rings. The van der Waals surface area contributed by atoms with Crippen LogP contribution in [0.1, 0.15) is 24.0 Å². The van der Waals surface area contributed by atoms with Crippen LogP contribution >= 0.6 is 23.4 Å². The first-order valence-electron chi connectivity index (χ1n) is 8.95. The Morgan fingerprint density at radius 2 is 1.63 bits per heavy atom. The Morgan fingerprint density at radius 3 is 2.30 bits per heavy atom. The van der Waals surface area contributed by atoms with E-state index in [9.17, 15) is 9.59 Å². The number of hydrogen-bond acceptors (Lipinski definition) is 4. The molecule has 2 saturated heterocycles. The molecule has 4 rings (SSSR count). The molecule has 6 heteroatoms. The van der Waals surface area contributed by atoms with Crippen molar-refractivity contribution >= 4 is 46.3 Å². The average Bonchev–Trinajstić information content (AvgIpc) is 3.29. The largest absolute Gasteiger partial charge is 0.372 e. The zero-order valence-corrected chi connectivity index (χ0v) is 16.3. The lowest BCUT2D eigenvalue weighted by atomic mass is 10.1. The molecule has 0 aliphatic carbocycles. The van der Waals surface area contributed by atoms with Crippen LogP contribution in [0.3, 0.4) is 0 Å². The molecule has 2 aliphatic heterocycles. The highest BCUT2D eigenvalue weighted by atomic mass is 35.5.